The van der Waals surface area contributed by atoms with Gasteiger partial charge >= 0.3 is 13.6 Å². The van der Waals surface area contributed by atoms with Crippen molar-refractivity contribution in [2.45, 2.75) is 73.5 Å². The van der Waals surface area contributed by atoms with Crippen molar-refractivity contribution in [3.05, 3.63) is 0 Å². The Morgan fingerprint density at radius 3 is 1.76 bits per heavy atom. The van der Waals surface area contributed by atoms with Crippen molar-refractivity contribution in [1.82, 2.24) is 5.06 Å². The third-order valence-corrected chi connectivity index (χ3v) is 5.99. The molecule has 0 radical (unpaired) electrons. The van der Waals surface area contributed by atoms with E-state index in [0.29, 0.717) is 19.8 Å². The molecule has 0 spiro atoms. The molecular formula is C17H36NO6P. The lowest BCUT2D eigenvalue weighted by Crippen LogP contribution is -2.53. The first-order valence-electron chi connectivity index (χ1n) is 8.67. The molecule has 0 aliphatic heterocycles. The van der Waals surface area contributed by atoms with Gasteiger partial charge in [-0.1, -0.05) is 13.8 Å². The number of hydrogen-bond acceptors (Lipinski definition) is 6. The largest absolute Gasteiger partial charge is 0.479 e. The van der Waals surface area contributed by atoms with Crippen molar-refractivity contribution in [3.63, 3.8) is 0 Å². The summed E-state index contributed by atoms with van der Waals surface area (Å²) in [5.41, 5.74) is -2.29. The Morgan fingerprint density at radius 1 is 1.00 bits per heavy atom. The monoisotopic (exact) mass is 381 g/mol. The highest BCUT2D eigenvalue weighted by Crippen LogP contribution is 2.52. The molecule has 0 aliphatic rings. The summed E-state index contributed by atoms with van der Waals surface area (Å²) in [5, 5.41) is 11.0. The Hall–Kier alpha value is -0.460. The number of nitrogens with zero attached hydrogens (tertiary/aromatic N) is 1. The zero-order valence-electron chi connectivity index (χ0n) is 17.2. The normalized spacial score (nSPS) is 14.2. The van der Waals surface area contributed by atoms with E-state index in [0.717, 1.165) is 0 Å². The Balaban J connectivity index is 5.39. The first-order valence-corrected chi connectivity index (χ1v) is 10.4. The molecule has 0 unspecified atom stereocenters. The molecule has 0 saturated heterocycles. The summed E-state index contributed by atoms with van der Waals surface area (Å²) >= 11 is 0. The van der Waals surface area contributed by atoms with Crippen molar-refractivity contribution in [1.29, 1.82) is 0 Å². The fraction of sp³-hybridized carbons (Fsp3) is 0.941. The second-order valence-corrected chi connectivity index (χ2v) is 10.4. The van der Waals surface area contributed by atoms with Gasteiger partial charge in [0.15, 0.2) is 5.60 Å². The van der Waals surface area contributed by atoms with Crippen LogP contribution < -0.4 is 0 Å². The van der Waals surface area contributed by atoms with Crippen LogP contribution in [0.25, 0.3) is 0 Å². The van der Waals surface area contributed by atoms with E-state index < -0.39 is 30.1 Å². The first-order chi connectivity index (χ1) is 11.1. The van der Waals surface area contributed by atoms with Gasteiger partial charge in [0.25, 0.3) is 0 Å². The second kappa shape index (κ2) is 8.96. The van der Waals surface area contributed by atoms with Crippen LogP contribution in [0.2, 0.25) is 0 Å². The molecule has 0 heterocycles. The standard InChI is InChI=1S/C17H36NO6P/c1-10-22-25(21,23-11-2)13-16(6,7)12-18(15(3,4)5)24-17(8,9)14(19)20/h10-13H2,1-9H3,(H,19,20). The number of aliphatic carboxylic acids is 1. The highest BCUT2D eigenvalue weighted by atomic mass is 31.2. The third-order valence-electron chi connectivity index (χ3n) is 3.45. The van der Waals surface area contributed by atoms with Gasteiger partial charge in [-0.3, -0.25) is 9.40 Å². The average Bonchev–Trinajstić information content (AvgIpc) is 2.35. The van der Waals surface area contributed by atoms with Crippen LogP contribution >= 0.6 is 7.60 Å². The molecule has 150 valence electrons. The summed E-state index contributed by atoms with van der Waals surface area (Å²) in [5.74, 6) is -1.05. The van der Waals surface area contributed by atoms with Gasteiger partial charge in [-0.15, -0.1) is 0 Å². The van der Waals surface area contributed by atoms with Crippen LogP contribution in [0, 0.1) is 5.41 Å². The SMILES string of the molecule is CCOP(=O)(CC(C)(C)CN(OC(C)(C)C(=O)O)C(C)(C)C)OCC. The summed E-state index contributed by atoms with van der Waals surface area (Å²) in [6.45, 7) is 17.2. The van der Waals surface area contributed by atoms with E-state index >= 15 is 0 Å². The molecule has 0 rings (SSSR count). The van der Waals surface area contributed by atoms with Crippen LogP contribution in [0.5, 0.6) is 0 Å². The molecule has 0 bridgehead atoms. The summed E-state index contributed by atoms with van der Waals surface area (Å²) in [7, 11) is -3.22. The molecule has 0 fully saturated rings. The molecule has 0 aromatic heterocycles. The van der Waals surface area contributed by atoms with Gasteiger partial charge in [0.1, 0.15) is 0 Å². The summed E-state index contributed by atoms with van der Waals surface area (Å²) < 4.78 is 23.6. The maximum absolute atomic E-state index is 12.9. The maximum atomic E-state index is 12.9. The molecule has 25 heavy (non-hydrogen) atoms. The number of hydroxylamine groups is 2. The highest BCUT2D eigenvalue weighted by molar-refractivity contribution is 7.53. The van der Waals surface area contributed by atoms with Crippen LogP contribution in [0.1, 0.15) is 62.3 Å². The summed E-state index contributed by atoms with van der Waals surface area (Å²) in [6, 6.07) is 0. The minimum Gasteiger partial charge on any atom is -0.479 e. The molecule has 1 N–H and O–H groups in total. The molecular weight excluding hydrogens is 345 g/mol. The predicted molar refractivity (Wildman–Crippen MR) is 98.8 cm³/mol. The number of rotatable bonds is 11. The number of hydrogen-bond donors (Lipinski definition) is 1. The van der Waals surface area contributed by atoms with E-state index in [1.807, 2.05) is 34.6 Å². The molecule has 0 aromatic carbocycles. The van der Waals surface area contributed by atoms with Crippen molar-refractivity contribution >= 4 is 13.6 Å². The fourth-order valence-corrected chi connectivity index (χ4v) is 4.40. The molecule has 8 heteroatoms. The molecule has 7 nitrogen and oxygen atoms in total. The zero-order chi connectivity index (χ0) is 20.1. The van der Waals surface area contributed by atoms with Crippen LogP contribution in [0.15, 0.2) is 0 Å². The van der Waals surface area contributed by atoms with Gasteiger partial charge in [0.2, 0.25) is 0 Å². The van der Waals surface area contributed by atoms with Crippen molar-refractivity contribution in [3.8, 4) is 0 Å². The lowest BCUT2D eigenvalue weighted by molar-refractivity contribution is -0.279. The van der Waals surface area contributed by atoms with Crippen molar-refractivity contribution < 1.29 is 28.4 Å². The average molecular weight is 381 g/mol. The van der Waals surface area contributed by atoms with Crippen LogP contribution in [-0.2, 0) is 23.2 Å². The fourth-order valence-electron chi connectivity index (χ4n) is 2.21. The van der Waals surface area contributed by atoms with Crippen molar-refractivity contribution in [2.75, 3.05) is 25.9 Å². The summed E-state index contributed by atoms with van der Waals surface area (Å²) in [6.07, 6.45) is 0.213. The van der Waals surface area contributed by atoms with Crippen LogP contribution in [-0.4, -0.2) is 53.2 Å². The number of carboxylic acids is 1. The molecule has 0 atom stereocenters. The predicted octanol–water partition coefficient (Wildman–Crippen LogP) is 4.17. The lowest BCUT2D eigenvalue weighted by atomic mass is 9.94. The van der Waals surface area contributed by atoms with Gasteiger partial charge in [-0.2, -0.15) is 5.06 Å². The van der Waals surface area contributed by atoms with E-state index in [1.54, 1.807) is 18.9 Å². The first kappa shape index (κ1) is 24.5. The van der Waals surface area contributed by atoms with E-state index in [-0.39, 0.29) is 6.16 Å². The number of carboxylic acid groups (broad SMARTS) is 1. The molecule has 0 amide bonds. The Bertz CT molecular complexity index is 474. The summed E-state index contributed by atoms with van der Waals surface area (Å²) in [4.78, 5) is 17.2. The van der Waals surface area contributed by atoms with E-state index in [9.17, 15) is 14.5 Å². The smallest absolute Gasteiger partial charge is 0.337 e. The van der Waals surface area contributed by atoms with Crippen LogP contribution in [0.3, 0.4) is 0 Å². The van der Waals surface area contributed by atoms with Gasteiger partial charge < -0.3 is 14.2 Å². The van der Waals surface area contributed by atoms with Gasteiger partial charge in [-0.25, -0.2) is 4.79 Å². The van der Waals surface area contributed by atoms with E-state index in [2.05, 4.69) is 0 Å². The Labute approximate surface area is 152 Å². The zero-order valence-corrected chi connectivity index (χ0v) is 18.1. The van der Waals surface area contributed by atoms with E-state index in [1.165, 1.54) is 13.8 Å². The topological polar surface area (TPSA) is 85.3 Å². The van der Waals surface area contributed by atoms with E-state index in [4.69, 9.17) is 13.9 Å². The second-order valence-electron chi connectivity index (χ2n) is 8.38. The maximum Gasteiger partial charge on any atom is 0.337 e. The Kier molecular flexibility index (Phi) is 8.79. The minimum absolute atomic E-state index is 0.213. The minimum atomic E-state index is -3.22. The van der Waals surface area contributed by atoms with Crippen molar-refractivity contribution in [2.24, 2.45) is 5.41 Å². The molecule has 0 aromatic rings. The van der Waals surface area contributed by atoms with Gasteiger partial charge in [-0.05, 0) is 53.9 Å². The van der Waals surface area contributed by atoms with Gasteiger partial charge in [0.05, 0.1) is 19.4 Å². The Morgan fingerprint density at radius 2 is 1.44 bits per heavy atom. The number of carbonyl (C=O) groups is 1. The third kappa shape index (κ3) is 8.65. The van der Waals surface area contributed by atoms with Crippen LogP contribution in [0.4, 0.5) is 0 Å². The molecule has 0 saturated carbocycles. The highest BCUT2D eigenvalue weighted by Gasteiger charge is 2.40. The van der Waals surface area contributed by atoms with Gasteiger partial charge in [0, 0.05) is 12.1 Å². The molecule has 0 aliphatic carbocycles. The lowest BCUT2D eigenvalue weighted by Gasteiger charge is -2.43. The quantitative estimate of drug-likeness (QED) is 0.424.